The first-order valence-corrected chi connectivity index (χ1v) is 10.9. The molecule has 0 fully saturated rings. The second kappa shape index (κ2) is 12.7. The summed E-state index contributed by atoms with van der Waals surface area (Å²) in [6, 6.07) is 20.8. The zero-order chi connectivity index (χ0) is 19.5. The van der Waals surface area contributed by atoms with Gasteiger partial charge in [0.25, 0.3) is 0 Å². The van der Waals surface area contributed by atoms with Crippen LogP contribution in [0.25, 0.3) is 0 Å². The molecule has 2 aromatic carbocycles. The Balaban J connectivity index is 0.00000392. The highest BCUT2D eigenvalue weighted by atomic mass is 127. The summed E-state index contributed by atoms with van der Waals surface area (Å²) in [7, 11) is -1.41. The molecule has 0 aliphatic rings. The maximum Gasteiger partial charge on any atom is 0.208 e. The number of aliphatic imine (C=N–C) groups is 1. The Hall–Kier alpha value is -1.65. The Morgan fingerprint density at radius 3 is 1.93 bits per heavy atom. The molecule has 0 aliphatic carbocycles. The van der Waals surface area contributed by atoms with Crippen LogP contribution in [0, 0.1) is 0 Å². The average molecular weight is 516 g/mol. The van der Waals surface area contributed by atoms with Crippen molar-refractivity contribution in [3.05, 3.63) is 71.8 Å². The Kier molecular flexibility index (Phi) is 11.1. The largest absolute Gasteiger partial charge is 0.356 e. The lowest BCUT2D eigenvalue weighted by molar-refractivity contribution is 0.584. The van der Waals surface area contributed by atoms with Crippen LogP contribution in [0.15, 0.2) is 65.7 Å². The standard InChI is InChI=1S/C20H28N4O2S.HI/c1-21-20(22-14-9-15-24-27(2,25)26)23-16-19(17-10-5-3-6-11-17)18-12-7-4-8-13-18;/h3-8,10-13,19,24H,9,14-16H2,1-2H3,(H2,21,22,23);1H. The third kappa shape index (κ3) is 9.03. The Morgan fingerprint density at radius 2 is 1.46 bits per heavy atom. The third-order valence-electron chi connectivity index (χ3n) is 4.11. The minimum absolute atomic E-state index is 0. The molecular formula is C20H29IN4O2S. The lowest BCUT2D eigenvalue weighted by Crippen LogP contribution is -2.40. The van der Waals surface area contributed by atoms with Crippen LogP contribution >= 0.6 is 24.0 Å². The highest BCUT2D eigenvalue weighted by Gasteiger charge is 2.14. The number of sulfonamides is 1. The molecule has 28 heavy (non-hydrogen) atoms. The van der Waals surface area contributed by atoms with E-state index in [1.807, 2.05) is 36.4 Å². The molecule has 0 aliphatic heterocycles. The van der Waals surface area contributed by atoms with Gasteiger partial charge in [-0.05, 0) is 17.5 Å². The van der Waals surface area contributed by atoms with Crippen molar-refractivity contribution in [2.75, 3.05) is 32.9 Å². The number of rotatable bonds is 9. The Morgan fingerprint density at radius 1 is 0.929 bits per heavy atom. The highest BCUT2D eigenvalue weighted by molar-refractivity contribution is 14.0. The van der Waals surface area contributed by atoms with E-state index in [0.717, 1.165) is 6.26 Å². The molecule has 0 radical (unpaired) electrons. The zero-order valence-electron chi connectivity index (χ0n) is 16.3. The monoisotopic (exact) mass is 516 g/mol. The van der Waals surface area contributed by atoms with E-state index in [4.69, 9.17) is 0 Å². The molecule has 8 heteroatoms. The van der Waals surface area contributed by atoms with Crippen molar-refractivity contribution in [1.82, 2.24) is 15.4 Å². The first kappa shape index (κ1) is 24.4. The van der Waals surface area contributed by atoms with Crippen molar-refractivity contribution >= 4 is 40.0 Å². The smallest absolute Gasteiger partial charge is 0.208 e. The summed E-state index contributed by atoms with van der Waals surface area (Å²) in [4.78, 5) is 4.25. The average Bonchev–Trinajstić information content (AvgIpc) is 2.67. The van der Waals surface area contributed by atoms with Gasteiger partial charge in [-0.2, -0.15) is 0 Å². The number of benzene rings is 2. The van der Waals surface area contributed by atoms with E-state index in [9.17, 15) is 8.42 Å². The van der Waals surface area contributed by atoms with Crippen molar-refractivity contribution in [1.29, 1.82) is 0 Å². The quantitative estimate of drug-likeness (QED) is 0.207. The van der Waals surface area contributed by atoms with E-state index >= 15 is 0 Å². The van der Waals surface area contributed by atoms with Crippen LogP contribution in [0.5, 0.6) is 0 Å². The van der Waals surface area contributed by atoms with Crippen LogP contribution in [0.1, 0.15) is 23.5 Å². The second-order valence-electron chi connectivity index (χ2n) is 6.27. The normalized spacial score (nSPS) is 11.8. The van der Waals surface area contributed by atoms with E-state index in [2.05, 4.69) is 44.6 Å². The van der Waals surface area contributed by atoms with Crippen LogP contribution in [-0.4, -0.2) is 47.3 Å². The maximum absolute atomic E-state index is 11.1. The van der Waals surface area contributed by atoms with Gasteiger partial charge in [-0.15, -0.1) is 24.0 Å². The van der Waals surface area contributed by atoms with E-state index in [1.54, 1.807) is 7.05 Å². The number of guanidine groups is 1. The van der Waals surface area contributed by atoms with Gasteiger partial charge in [0, 0.05) is 32.6 Å². The van der Waals surface area contributed by atoms with Gasteiger partial charge in [0.1, 0.15) is 0 Å². The Bertz CT molecular complexity index is 775. The van der Waals surface area contributed by atoms with Gasteiger partial charge in [-0.25, -0.2) is 13.1 Å². The van der Waals surface area contributed by atoms with Crippen molar-refractivity contribution in [3.63, 3.8) is 0 Å². The predicted octanol–water partition coefficient (Wildman–Crippen LogP) is 2.54. The summed E-state index contributed by atoms with van der Waals surface area (Å²) < 4.78 is 24.6. The summed E-state index contributed by atoms with van der Waals surface area (Å²) in [6.07, 6.45) is 1.84. The first-order chi connectivity index (χ1) is 13.0. The number of halogens is 1. The van der Waals surface area contributed by atoms with Gasteiger partial charge < -0.3 is 10.6 Å². The molecule has 0 atom stereocenters. The molecular weight excluding hydrogens is 487 g/mol. The Labute approximate surface area is 185 Å². The topological polar surface area (TPSA) is 82.6 Å². The summed E-state index contributed by atoms with van der Waals surface area (Å²) in [5.41, 5.74) is 2.48. The SMILES string of the molecule is CN=C(NCCCNS(C)(=O)=O)NCC(c1ccccc1)c1ccccc1.I. The highest BCUT2D eigenvalue weighted by Crippen LogP contribution is 2.23. The minimum atomic E-state index is -3.14. The minimum Gasteiger partial charge on any atom is -0.356 e. The molecule has 2 rings (SSSR count). The molecule has 0 saturated carbocycles. The molecule has 2 aromatic rings. The van der Waals surface area contributed by atoms with E-state index < -0.39 is 10.0 Å². The van der Waals surface area contributed by atoms with Crippen LogP contribution < -0.4 is 15.4 Å². The number of hydrogen-bond acceptors (Lipinski definition) is 3. The fourth-order valence-electron chi connectivity index (χ4n) is 2.77. The van der Waals surface area contributed by atoms with Crippen molar-refractivity contribution in [2.24, 2.45) is 4.99 Å². The molecule has 0 saturated heterocycles. The van der Waals surface area contributed by atoms with Gasteiger partial charge in [-0.1, -0.05) is 60.7 Å². The predicted molar refractivity (Wildman–Crippen MR) is 127 cm³/mol. The molecule has 0 heterocycles. The van der Waals surface area contributed by atoms with Crippen molar-refractivity contribution in [3.8, 4) is 0 Å². The number of nitrogens with one attached hydrogen (secondary N) is 3. The summed E-state index contributed by atoms with van der Waals surface area (Å²) in [5.74, 6) is 0.907. The lowest BCUT2D eigenvalue weighted by Gasteiger charge is -2.20. The van der Waals surface area contributed by atoms with Gasteiger partial charge >= 0.3 is 0 Å². The fourth-order valence-corrected chi connectivity index (χ4v) is 3.29. The summed E-state index contributed by atoms with van der Waals surface area (Å²) >= 11 is 0. The fraction of sp³-hybridized carbons (Fsp3) is 0.350. The molecule has 0 spiro atoms. The van der Waals surface area contributed by atoms with E-state index in [0.29, 0.717) is 32.0 Å². The van der Waals surface area contributed by atoms with Gasteiger partial charge in [-0.3, -0.25) is 4.99 Å². The summed E-state index contributed by atoms with van der Waals surface area (Å²) in [6.45, 7) is 1.73. The van der Waals surface area contributed by atoms with Crippen LogP contribution in [0.3, 0.4) is 0 Å². The number of hydrogen-bond donors (Lipinski definition) is 3. The molecule has 0 amide bonds. The van der Waals surface area contributed by atoms with Crippen molar-refractivity contribution < 1.29 is 8.42 Å². The zero-order valence-corrected chi connectivity index (χ0v) is 19.4. The lowest BCUT2D eigenvalue weighted by atomic mass is 9.91. The molecule has 0 bridgehead atoms. The van der Waals surface area contributed by atoms with E-state index in [1.165, 1.54) is 11.1 Å². The van der Waals surface area contributed by atoms with Gasteiger partial charge in [0.05, 0.1) is 6.26 Å². The number of nitrogens with zero attached hydrogens (tertiary/aromatic N) is 1. The van der Waals surface area contributed by atoms with E-state index in [-0.39, 0.29) is 29.9 Å². The molecule has 3 N–H and O–H groups in total. The molecule has 0 unspecified atom stereocenters. The third-order valence-corrected chi connectivity index (χ3v) is 4.84. The van der Waals surface area contributed by atoms with Gasteiger partial charge in [0.15, 0.2) is 5.96 Å². The molecule has 154 valence electrons. The van der Waals surface area contributed by atoms with Gasteiger partial charge in [0.2, 0.25) is 10.0 Å². The second-order valence-corrected chi connectivity index (χ2v) is 8.11. The summed E-state index contributed by atoms with van der Waals surface area (Å²) in [5, 5.41) is 6.59. The maximum atomic E-state index is 11.1. The van der Waals surface area contributed by atoms with Crippen LogP contribution in [-0.2, 0) is 10.0 Å². The van der Waals surface area contributed by atoms with Crippen molar-refractivity contribution in [2.45, 2.75) is 12.3 Å². The van der Waals surface area contributed by atoms with Crippen LogP contribution in [0.4, 0.5) is 0 Å². The molecule has 0 aromatic heterocycles. The molecule has 6 nitrogen and oxygen atoms in total. The first-order valence-electron chi connectivity index (χ1n) is 8.98. The van der Waals surface area contributed by atoms with Crippen LogP contribution in [0.2, 0.25) is 0 Å².